The Morgan fingerprint density at radius 1 is 1.39 bits per heavy atom. The molecule has 1 heterocycles. The van der Waals surface area contributed by atoms with Crippen molar-refractivity contribution in [3.63, 3.8) is 0 Å². The zero-order valence-electron chi connectivity index (χ0n) is 9.91. The van der Waals surface area contributed by atoms with E-state index in [4.69, 9.17) is 4.42 Å². The van der Waals surface area contributed by atoms with Crippen molar-refractivity contribution in [2.75, 3.05) is 6.54 Å². The molecule has 1 aromatic carbocycles. The molecule has 0 unspecified atom stereocenters. The molecule has 3 nitrogen and oxygen atoms in total. The van der Waals surface area contributed by atoms with Gasteiger partial charge in [-0.2, -0.15) is 0 Å². The Labute approximate surface area is 114 Å². The third-order valence-corrected chi connectivity index (χ3v) is 3.97. The standard InChI is InChI=1S/C14H14BrNO2/c15-11-4-5-12-10(6-11)7-13(18-12)14(17)16-8-9-2-1-3-9/h4-7,9H,1-3,8H2,(H,16,17). The SMILES string of the molecule is O=C(NCC1CCC1)c1cc2cc(Br)ccc2o1. The average molecular weight is 308 g/mol. The Balaban J connectivity index is 1.74. The van der Waals surface area contributed by atoms with E-state index in [0.29, 0.717) is 11.7 Å². The molecule has 0 saturated heterocycles. The molecular weight excluding hydrogens is 294 g/mol. The summed E-state index contributed by atoms with van der Waals surface area (Å²) < 4.78 is 6.52. The van der Waals surface area contributed by atoms with Gasteiger partial charge < -0.3 is 9.73 Å². The van der Waals surface area contributed by atoms with Gasteiger partial charge in [0.15, 0.2) is 5.76 Å². The van der Waals surface area contributed by atoms with Gasteiger partial charge >= 0.3 is 0 Å². The second-order valence-electron chi connectivity index (χ2n) is 4.80. The largest absolute Gasteiger partial charge is 0.451 e. The van der Waals surface area contributed by atoms with Crippen LogP contribution in [-0.2, 0) is 0 Å². The van der Waals surface area contributed by atoms with Gasteiger partial charge in [0.05, 0.1) is 0 Å². The van der Waals surface area contributed by atoms with Gasteiger partial charge in [0, 0.05) is 16.4 Å². The number of hydrogen-bond donors (Lipinski definition) is 1. The molecule has 4 heteroatoms. The Hall–Kier alpha value is -1.29. The molecule has 0 bridgehead atoms. The van der Waals surface area contributed by atoms with Crippen molar-refractivity contribution < 1.29 is 9.21 Å². The van der Waals surface area contributed by atoms with E-state index in [2.05, 4.69) is 21.2 Å². The molecule has 1 saturated carbocycles. The summed E-state index contributed by atoms with van der Waals surface area (Å²) in [7, 11) is 0. The van der Waals surface area contributed by atoms with Gasteiger partial charge in [-0.3, -0.25) is 4.79 Å². The van der Waals surface area contributed by atoms with E-state index in [1.807, 2.05) is 18.2 Å². The van der Waals surface area contributed by atoms with Crippen molar-refractivity contribution in [2.45, 2.75) is 19.3 Å². The van der Waals surface area contributed by atoms with Crippen LogP contribution in [0.5, 0.6) is 0 Å². The zero-order chi connectivity index (χ0) is 12.5. The van der Waals surface area contributed by atoms with Gasteiger partial charge in [0.2, 0.25) is 0 Å². The fourth-order valence-electron chi connectivity index (χ4n) is 2.15. The van der Waals surface area contributed by atoms with Crippen LogP contribution in [0.25, 0.3) is 11.0 Å². The smallest absolute Gasteiger partial charge is 0.287 e. The molecule has 94 valence electrons. The molecular formula is C14H14BrNO2. The minimum atomic E-state index is -0.116. The van der Waals surface area contributed by atoms with Crippen LogP contribution in [0, 0.1) is 5.92 Å². The highest BCUT2D eigenvalue weighted by molar-refractivity contribution is 9.10. The molecule has 18 heavy (non-hydrogen) atoms. The van der Waals surface area contributed by atoms with E-state index in [0.717, 1.165) is 22.0 Å². The van der Waals surface area contributed by atoms with Crippen molar-refractivity contribution in [1.29, 1.82) is 0 Å². The topological polar surface area (TPSA) is 42.2 Å². The van der Waals surface area contributed by atoms with Crippen LogP contribution in [0.4, 0.5) is 0 Å². The van der Waals surface area contributed by atoms with Crippen LogP contribution < -0.4 is 5.32 Å². The fraction of sp³-hybridized carbons (Fsp3) is 0.357. The molecule has 0 aliphatic heterocycles. The molecule has 1 aromatic heterocycles. The number of benzene rings is 1. The van der Waals surface area contributed by atoms with Gasteiger partial charge in [-0.1, -0.05) is 22.4 Å². The normalized spacial score (nSPS) is 15.6. The number of carbonyl (C=O) groups is 1. The highest BCUT2D eigenvalue weighted by Crippen LogP contribution is 2.26. The monoisotopic (exact) mass is 307 g/mol. The fourth-order valence-corrected chi connectivity index (χ4v) is 2.53. The lowest BCUT2D eigenvalue weighted by Gasteiger charge is -2.25. The second kappa shape index (κ2) is 4.76. The quantitative estimate of drug-likeness (QED) is 0.939. The number of rotatable bonds is 3. The number of nitrogens with one attached hydrogen (secondary N) is 1. The van der Waals surface area contributed by atoms with Crippen LogP contribution in [-0.4, -0.2) is 12.5 Å². The first-order valence-corrected chi connectivity index (χ1v) is 6.99. The maximum Gasteiger partial charge on any atom is 0.287 e. The summed E-state index contributed by atoms with van der Waals surface area (Å²) >= 11 is 3.40. The van der Waals surface area contributed by atoms with Gasteiger partial charge in [0.1, 0.15) is 5.58 Å². The first-order chi connectivity index (χ1) is 8.72. The van der Waals surface area contributed by atoms with Crippen molar-refractivity contribution in [3.05, 3.63) is 34.5 Å². The minimum absolute atomic E-state index is 0.116. The van der Waals surface area contributed by atoms with E-state index in [-0.39, 0.29) is 5.91 Å². The Morgan fingerprint density at radius 2 is 2.22 bits per heavy atom. The average Bonchev–Trinajstić information content (AvgIpc) is 2.69. The summed E-state index contributed by atoms with van der Waals surface area (Å²) in [5.41, 5.74) is 0.743. The van der Waals surface area contributed by atoms with Crippen molar-refractivity contribution in [2.24, 2.45) is 5.92 Å². The Morgan fingerprint density at radius 3 is 2.94 bits per heavy atom. The van der Waals surface area contributed by atoms with Crippen LogP contribution in [0.2, 0.25) is 0 Å². The Bertz CT molecular complexity index is 586. The summed E-state index contributed by atoms with van der Waals surface area (Å²) in [4.78, 5) is 11.9. The highest BCUT2D eigenvalue weighted by Gasteiger charge is 2.19. The van der Waals surface area contributed by atoms with E-state index >= 15 is 0 Å². The molecule has 1 aliphatic rings. The number of fused-ring (bicyclic) bond motifs is 1. The molecule has 0 atom stereocenters. The predicted molar refractivity (Wildman–Crippen MR) is 73.6 cm³/mol. The molecule has 0 radical (unpaired) electrons. The first kappa shape index (κ1) is 11.8. The lowest BCUT2D eigenvalue weighted by Crippen LogP contribution is -2.31. The predicted octanol–water partition coefficient (Wildman–Crippen LogP) is 3.73. The van der Waals surface area contributed by atoms with E-state index in [1.165, 1.54) is 19.3 Å². The molecule has 1 fully saturated rings. The molecule has 1 amide bonds. The first-order valence-electron chi connectivity index (χ1n) is 6.20. The number of amides is 1. The number of hydrogen-bond acceptors (Lipinski definition) is 2. The maximum atomic E-state index is 11.9. The Kier molecular flexibility index (Phi) is 3.12. The molecule has 2 aromatic rings. The van der Waals surface area contributed by atoms with Crippen molar-refractivity contribution in [3.8, 4) is 0 Å². The van der Waals surface area contributed by atoms with E-state index in [1.54, 1.807) is 6.07 Å². The van der Waals surface area contributed by atoms with Gasteiger partial charge in [0.25, 0.3) is 5.91 Å². The van der Waals surface area contributed by atoms with Gasteiger partial charge in [-0.15, -0.1) is 0 Å². The van der Waals surface area contributed by atoms with Crippen molar-refractivity contribution in [1.82, 2.24) is 5.32 Å². The van der Waals surface area contributed by atoms with Crippen LogP contribution in [0.3, 0.4) is 0 Å². The molecule has 1 aliphatic carbocycles. The van der Waals surface area contributed by atoms with Gasteiger partial charge in [-0.25, -0.2) is 0 Å². The van der Waals surface area contributed by atoms with E-state index < -0.39 is 0 Å². The molecule has 0 spiro atoms. The summed E-state index contributed by atoms with van der Waals surface area (Å²) in [6.45, 7) is 0.763. The highest BCUT2D eigenvalue weighted by atomic mass is 79.9. The van der Waals surface area contributed by atoms with Crippen LogP contribution in [0.1, 0.15) is 29.8 Å². The third-order valence-electron chi connectivity index (χ3n) is 3.48. The third kappa shape index (κ3) is 2.29. The summed E-state index contributed by atoms with van der Waals surface area (Å²) in [5, 5.41) is 3.87. The van der Waals surface area contributed by atoms with Gasteiger partial charge in [-0.05, 0) is 43.0 Å². The minimum Gasteiger partial charge on any atom is -0.451 e. The van der Waals surface area contributed by atoms with Crippen LogP contribution in [0.15, 0.2) is 33.2 Å². The molecule has 3 rings (SSSR count). The second-order valence-corrected chi connectivity index (χ2v) is 5.72. The molecule has 1 N–H and O–H groups in total. The lowest BCUT2D eigenvalue weighted by atomic mass is 9.85. The number of carbonyl (C=O) groups excluding carboxylic acids is 1. The van der Waals surface area contributed by atoms with E-state index in [9.17, 15) is 4.79 Å². The zero-order valence-corrected chi connectivity index (χ0v) is 11.5. The summed E-state index contributed by atoms with van der Waals surface area (Å²) in [6, 6.07) is 7.50. The maximum absolute atomic E-state index is 11.9. The summed E-state index contributed by atoms with van der Waals surface area (Å²) in [5.74, 6) is 0.934. The number of halogens is 1. The van der Waals surface area contributed by atoms with Crippen LogP contribution >= 0.6 is 15.9 Å². The number of furan rings is 1. The lowest BCUT2D eigenvalue weighted by molar-refractivity contribution is 0.0913. The van der Waals surface area contributed by atoms with Crippen molar-refractivity contribution >= 4 is 32.8 Å². The summed E-state index contributed by atoms with van der Waals surface area (Å²) in [6.07, 6.45) is 3.75.